The van der Waals surface area contributed by atoms with Gasteiger partial charge in [-0.25, -0.2) is 0 Å². The summed E-state index contributed by atoms with van der Waals surface area (Å²) in [5.74, 6) is 6.93. The summed E-state index contributed by atoms with van der Waals surface area (Å²) in [5, 5.41) is 0.330. The number of unbranched alkanes of at least 4 members (excludes halogenated alkanes) is 3. The second-order valence-corrected chi connectivity index (χ2v) is 20.8. The summed E-state index contributed by atoms with van der Waals surface area (Å²) in [7, 11) is -3.16. The third-order valence-electron chi connectivity index (χ3n) is 5.27. The second kappa shape index (κ2) is 12.2. The molecule has 174 valence electrons. The van der Waals surface area contributed by atoms with E-state index < -0.39 is 21.7 Å². The Morgan fingerprint density at radius 3 is 1.97 bits per heavy atom. The van der Waals surface area contributed by atoms with E-state index >= 15 is 0 Å². The molecule has 0 radical (unpaired) electrons. The highest BCUT2D eigenvalue weighted by molar-refractivity contribution is 6.84. The first-order valence-electron chi connectivity index (χ1n) is 11.8. The smallest absolute Gasteiger partial charge is 0.129 e. The van der Waals surface area contributed by atoms with Crippen molar-refractivity contribution in [3.8, 4) is 22.9 Å². The van der Waals surface area contributed by atoms with Gasteiger partial charge in [0.15, 0.2) is 0 Å². The molecular formula is C26H42Cl2OSi2. The number of halogens is 2. The van der Waals surface area contributed by atoms with Gasteiger partial charge in [-0.05, 0) is 24.8 Å². The SMILES string of the molecule is CCCCCCOC1(CC)C(C#C[Si](C)(C)C)=C(Cl)C(CC)=C(C#C[Si](C)(C)C)C1Cl. The van der Waals surface area contributed by atoms with Crippen molar-refractivity contribution in [1.29, 1.82) is 0 Å². The van der Waals surface area contributed by atoms with E-state index in [0.29, 0.717) is 11.6 Å². The average molecular weight is 498 g/mol. The monoisotopic (exact) mass is 496 g/mol. The summed E-state index contributed by atoms with van der Waals surface area (Å²) < 4.78 is 6.63. The van der Waals surface area contributed by atoms with Crippen LogP contribution in [0.5, 0.6) is 0 Å². The van der Waals surface area contributed by atoms with Gasteiger partial charge in [0.25, 0.3) is 0 Å². The van der Waals surface area contributed by atoms with E-state index in [1.165, 1.54) is 12.8 Å². The normalized spacial score (nSPS) is 22.1. The van der Waals surface area contributed by atoms with Crippen LogP contribution in [0.25, 0.3) is 0 Å². The van der Waals surface area contributed by atoms with Crippen molar-refractivity contribution in [3.05, 3.63) is 21.8 Å². The molecule has 5 heteroatoms. The Morgan fingerprint density at radius 2 is 1.48 bits per heavy atom. The number of hydrogen-bond acceptors (Lipinski definition) is 1. The van der Waals surface area contributed by atoms with Crippen molar-refractivity contribution in [2.24, 2.45) is 0 Å². The molecule has 2 unspecified atom stereocenters. The third kappa shape index (κ3) is 8.14. The molecule has 0 amide bonds. The van der Waals surface area contributed by atoms with Gasteiger partial charge < -0.3 is 4.74 Å². The Labute approximate surface area is 204 Å². The van der Waals surface area contributed by atoms with Crippen LogP contribution in [0.1, 0.15) is 59.3 Å². The minimum Gasteiger partial charge on any atom is -0.368 e. The van der Waals surface area contributed by atoms with E-state index in [2.05, 4.69) is 83.0 Å². The zero-order chi connectivity index (χ0) is 23.9. The molecule has 1 rings (SSSR count). The zero-order valence-electron chi connectivity index (χ0n) is 21.2. The molecule has 1 aliphatic carbocycles. The molecule has 1 aliphatic rings. The maximum absolute atomic E-state index is 7.24. The Bertz CT molecular complexity index is 807. The highest BCUT2D eigenvalue weighted by Crippen LogP contribution is 2.47. The largest absolute Gasteiger partial charge is 0.368 e. The highest BCUT2D eigenvalue weighted by atomic mass is 35.5. The van der Waals surface area contributed by atoms with Crippen LogP contribution in [0.2, 0.25) is 39.3 Å². The van der Waals surface area contributed by atoms with Gasteiger partial charge in [-0.1, -0.05) is 103 Å². The Kier molecular flexibility index (Phi) is 11.2. The van der Waals surface area contributed by atoms with E-state index in [9.17, 15) is 0 Å². The van der Waals surface area contributed by atoms with E-state index in [1.54, 1.807) is 0 Å². The number of ether oxygens (including phenoxy) is 1. The molecule has 0 fully saturated rings. The van der Waals surface area contributed by atoms with Crippen molar-refractivity contribution < 1.29 is 4.74 Å². The molecule has 0 heterocycles. The molecule has 31 heavy (non-hydrogen) atoms. The van der Waals surface area contributed by atoms with Gasteiger partial charge >= 0.3 is 0 Å². The third-order valence-corrected chi connectivity index (χ3v) is 8.00. The molecule has 0 aromatic heterocycles. The van der Waals surface area contributed by atoms with Crippen molar-refractivity contribution >= 4 is 39.3 Å². The van der Waals surface area contributed by atoms with Gasteiger partial charge in [-0.3, -0.25) is 0 Å². The fourth-order valence-corrected chi connectivity index (χ4v) is 5.47. The summed E-state index contributed by atoms with van der Waals surface area (Å²) in [5.41, 5.74) is 9.13. The lowest BCUT2D eigenvalue weighted by Gasteiger charge is -2.42. The first-order chi connectivity index (χ1) is 14.3. The molecule has 0 bridgehead atoms. The van der Waals surface area contributed by atoms with E-state index in [-0.39, 0.29) is 5.38 Å². The van der Waals surface area contributed by atoms with Crippen LogP contribution in [0.4, 0.5) is 0 Å². The molecule has 0 aliphatic heterocycles. The summed E-state index contributed by atoms with van der Waals surface area (Å²) in [6.07, 6.45) is 6.11. The topological polar surface area (TPSA) is 9.23 Å². The maximum Gasteiger partial charge on any atom is 0.129 e. The minimum absolute atomic E-state index is 0.379. The van der Waals surface area contributed by atoms with Crippen LogP contribution in [0.15, 0.2) is 21.8 Å². The van der Waals surface area contributed by atoms with Crippen LogP contribution < -0.4 is 0 Å². The summed E-state index contributed by atoms with van der Waals surface area (Å²) in [6.45, 7) is 20.6. The fourth-order valence-electron chi connectivity index (χ4n) is 3.50. The molecule has 0 spiro atoms. The van der Waals surface area contributed by atoms with Crippen molar-refractivity contribution in [2.75, 3.05) is 6.61 Å². The Balaban J connectivity index is 3.64. The van der Waals surface area contributed by atoms with Crippen molar-refractivity contribution in [2.45, 2.75) is 110 Å². The molecule has 2 atom stereocenters. The van der Waals surface area contributed by atoms with Crippen LogP contribution >= 0.6 is 23.2 Å². The lowest BCUT2D eigenvalue weighted by atomic mass is 9.77. The van der Waals surface area contributed by atoms with Gasteiger partial charge in [0.2, 0.25) is 0 Å². The van der Waals surface area contributed by atoms with Crippen LogP contribution in [-0.2, 0) is 4.74 Å². The molecule has 0 saturated carbocycles. The van der Waals surface area contributed by atoms with E-state index in [4.69, 9.17) is 27.9 Å². The second-order valence-electron chi connectivity index (χ2n) is 10.4. The van der Waals surface area contributed by atoms with Crippen molar-refractivity contribution in [1.82, 2.24) is 0 Å². The van der Waals surface area contributed by atoms with Gasteiger partial charge in [0, 0.05) is 12.2 Å². The maximum atomic E-state index is 7.24. The minimum atomic E-state index is -1.60. The Morgan fingerprint density at radius 1 is 0.903 bits per heavy atom. The average Bonchev–Trinajstić information content (AvgIpc) is 2.66. The van der Waals surface area contributed by atoms with Crippen LogP contribution in [0, 0.1) is 22.9 Å². The lowest BCUT2D eigenvalue weighted by Crippen LogP contribution is -2.47. The number of allylic oxidation sites excluding steroid dienone is 2. The molecular weight excluding hydrogens is 455 g/mol. The predicted octanol–water partition coefficient (Wildman–Crippen LogP) is 8.31. The highest BCUT2D eigenvalue weighted by Gasteiger charge is 2.48. The molecule has 0 saturated heterocycles. The van der Waals surface area contributed by atoms with Crippen LogP contribution in [-0.4, -0.2) is 33.7 Å². The lowest BCUT2D eigenvalue weighted by molar-refractivity contribution is -0.0166. The number of hydrogen-bond donors (Lipinski definition) is 0. The van der Waals surface area contributed by atoms with Gasteiger partial charge in [-0.15, -0.1) is 22.7 Å². The predicted molar refractivity (Wildman–Crippen MR) is 145 cm³/mol. The van der Waals surface area contributed by atoms with Gasteiger partial charge in [0.1, 0.15) is 27.1 Å². The number of alkyl halides is 1. The summed E-state index contributed by atoms with van der Waals surface area (Å²) in [4.78, 5) is 0. The van der Waals surface area contributed by atoms with Gasteiger partial charge in [0.05, 0.1) is 10.6 Å². The van der Waals surface area contributed by atoms with Gasteiger partial charge in [-0.2, -0.15) is 0 Å². The zero-order valence-corrected chi connectivity index (χ0v) is 24.7. The standard InChI is InChI=1S/C26H42Cl2OSi2/c1-10-13-14-15-18-29-26(12-3)23(17-20-31(7,8)9)24(27)21(11-2)22(25(26)28)16-19-30(4,5)6/h25H,10-15,18H2,1-9H3. The Hall–Kier alpha value is -0.426. The molecule has 0 aromatic carbocycles. The summed E-state index contributed by atoms with van der Waals surface area (Å²) in [6, 6.07) is 0. The first kappa shape index (κ1) is 28.6. The summed E-state index contributed by atoms with van der Waals surface area (Å²) >= 11 is 14.3. The van der Waals surface area contributed by atoms with Crippen LogP contribution in [0.3, 0.4) is 0 Å². The quantitative estimate of drug-likeness (QED) is 0.142. The first-order valence-corrected chi connectivity index (χ1v) is 19.6. The van der Waals surface area contributed by atoms with Crippen molar-refractivity contribution in [3.63, 3.8) is 0 Å². The molecule has 1 nitrogen and oxygen atoms in total. The molecule has 0 aromatic rings. The van der Waals surface area contributed by atoms with E-state index in [1.807, 2.05) is 0 Å². The number of rotatable bonds is 8. The molecule has 0 N–H and O–H groups in total. The van der Waals surface area contributed by atoms with E-state index in [0.717, 1.165) is 42.4 Å². The fraction of sp³-hybridized carbons (Fsp3) is 0.692.